The van der Waals surface area contributed by atoms with Gasteiger partial charge in [0, 0.05) is 0 Å². The first-order chi connectivity index (χ1) is 6.72. The smallest absolute Gasteiger partial charge is 0.331 e. The number of rotatable bonds is 4. The summed E-state index contributed by atoms with van der Waals surface area (Å²) in [5, 5.41) is 0. The van der Waals surface area contributed by atoms with Crippen molar-refractivity contribution in [3.05, 3.63) is 0 Å². The molecule has 0 unspecified atom stereocenters. The zero-order valence-electron chi connectivity index (χ0n) is 9.12. The first-order valence-electron chi connectivity index (χ1n) is 5.37. The van der Waals surface area contributed by atoms with Crippen molar-refractivity contribution in [1.29, 1.82) is 0 Å². The van der Waals surface area contributed by atoms with Crippen LogP contribution in [0.4, 0.5) is 0 Å². The van der Waals surface area contributed by atoms with E-state index in [9.17, 15) is 4.79 Å². The van der Waals surface area contributed by atoms with Gasteiger partial charge in [-0.25, -0.2) is 4.79 Å². The Morgan fingerprint density at radius 2 is 1.93 bits per heavy atom. The van der Waals surface area contributed by atoms with Crippen LogP contribution in [0.25, 0.3) is 0 Å². The lowest BCUT2D eigenvalue weighted by atomic mass is 9.83. The molecule has 82 valence electrons. The SMILES string of the molecule is COC(=O)COCC1CCC(C)CC1. The molecule has 1 fully saturated rings. The van der Waals surface area contributed by atoms with E-state index in [4.69, 9.17) is 4.74 Å². The van der Waals surface area contributed by atoms with E-state index in [0.717, 1.165) is 5.92 Å². The molecule has 0 amide bonds. The largest absolute Gasteiger partial charge is 0.467 e. The highest BCUT2D eigenvalue weighted by atomic mass is 16.6. The molecule has 3 nitrogen and oxygen atoms in total. The maximum atomic E-state index is 10.8. The molecule has 0 aromatic heterocycles. The first kappa shape index (κ1) is 11.5. The van der Waals surface area contributed by atoms with E-state index in [1.807, 2.05) is 0 Å². The molecule has 1 saturated carbocycles. The van der Waals surface area contributed by atoms with Crippen molar-refractivity contribution >= 4 is 5.97 Å². The van der Waals surface area contributed by atoms with E-state index in [2.05, 4.69) is 11.7 Å². The molecule has 0 aliphatic heterocycles. The standard InChI is InChI=1S/C11H20O3/c1-9-3-5-10(6-4-9)7-14-8-11(12)13-2/h9-10H,3-8H2,1-2H3. The zero-order valence-corrected chi connectivity index (χ0v) is 9.12. The molecule has 0 atom stereocenters. The van der Waals surface area contributed by atoms with E-state index in [1.54, 1.807) is 0 Å². The van der Waals surface area contributed by atoms with Crippen LogP contribution < -0.4 is 0 Å². The van der Waals surface area contributed by atoms with Crippen LogP contribution in [0, 0.1) is 11.8 Å². The zero-order chi connectivity index (χ0) is 10.4. The number of carbonyl (C=O) groups is 1. The van der Waals surface area contributed by atoms with Crippen LogP contribution in [-0.4, -0.2) is 26.3 Å². The molecule has 0 heterocycles. The van der Waals surface area contributed by atoms with Crippen molar-refractivity contribution in [2.75, 3.05) is 20.3 Å². The number of methoxy groups -OCH3 is 1. The van der Waals surface area contributed by atoms with Crippen molar-refractivity contribution in [1.82, 2.24) is 0 Å². The molecule has 0 saturated heterocycles. The van der Waals surface area contributed by atoms with Crippen molar-refractivity contribution in [2.24, 2.45) is 11.8 Å². The summed E-state index contributed by atoms with van der Waals surface area (Å²) in [6.07, 6.45) is 5.07. The van der Waals surface area contributed by atoms with Gasteiger partial charge in [0.25, 0.3) is 0 Å². The molecule has 0 N–H and O–H groups in total. The summed E-state index contributed by atoms with van der Waals surface area (Å²) in [5.74, 6) is 1.23. The molecular formula is C11H20O3. The lowest BCUT2D eigenvalue weighted by Gasteiger charge is -2.25. The fourth-order valence-corrected chi connectivity index (χ4v) is 1.86. The second-order valence-electron chi connectivity index (χ2n) is 4.22. The van der Waals surface area contributed by atoms with E-state index >= 15 is 0 Å². The van der Waals surface area contributed by atoms with E-state index in [1.165, 1.54) is 32.8 Å². The third kappa shape index (κ3) is 4.09. The van der Waals surface area contributed by atoms with E-state index in [-0.39, 0.29) is 12.6 Å². The van der Waals surface area contributed by atoms with Crippen LogP contribution in [0.2, 0.25) is 0 Å². The van der Waals surface area contributed by atoms with Crippen molar-refractivity contribution in [2.45, 2.75) is 32.6 Å². The van der Waals surface area contributed by atoms with Gasteiger partial charge < -0.3 is 9.47 Å². The Morgan fingerprint density at radius 3 is 2.50 bits per heavy atom. The lowest BCUT2D eigenvalue weighted by molar-refractivity contribution is -0.146. The van der Waals surface area contributed by atoms with Gasteiger partial charge in [-0.3, -0.25) is 0 Å². The highest BCUT2D eigenvalue weighted by molar-refractivity contribution is 5.70. The quantitative estimate of drug-likeness (QED) is 0.651. The normalized spacial score (nSPS) is 27.3. The van der Waals surface area contributed by atoms with Crippen molar-refractivity contribution in [3.8, 4) is 0 Å². The summed E-state index contributed by atoms with van der Waals surface area (Å²) < 4.78 is 9.78. The number of ether oxygens (including phenoxy) is 2. The highest BCUT2D eigenvalue weighted by Crippen LogP contribution is 2.28. The molecule has 0 aromatic carbocycles. The van der Waals surface area contributed by atoms with Gasteiger partial charge in [0.05, 0.1) is 13.7 Å². The summed E-state index contributed by atoms with van der Waals surface area (Å²) in [5.41, 5.74) is 0. The third-order valence-electron chi connectivity index (χ3n) is 2.94. The number of esters is 1. The average molecular weight is 200 g/mol. The maximum Gasteiger partial charge on any atom is 0.331 e. The van der Waals surface area contributed by atoms with Gasteiger partial charge in [0.2, 0.25) is 0 Å². The van der Waals surface area contributed by atoms with Crippen molar-refractivity contribution in [3.63, 3.8) is 0 Å². The Bertz CT molecular complexity index is 171. The maximum absolute atomic E-state index is 10.8. The second kappa shape index (κ2) is 6.02. The number of hydrogen-bond acceptors (Lipinski definition) is 3. The van der Waals surface area contributed by atoms with Gasteiger partial charge in [-0.1, -0.05) is 19.8 Å². The molecule has 1 aliphatic carbocycles. The topological polar surface area (TPSA) is 35.5 Å². The number of carbonyl (C=O) groups excluding carboxylic acids is 1. The Balaban J connectivity index is 2.04. The minimum absolute atomic E-state index is 0.0998. The fraction of sp³-hybridized carbons (Fsp3) is 0.909. The lowest BCUT2D eigenvalue weighted by Crippen LogP contribution is -2.20. The minimum Gasteiger partial charge on any atom is -0.467 e. The predicted molar refractivity (Wildman–Crippen MR) is 54.0 cm³/mol. The molecule has 1 aliphatic rings. The monoisotopic (exact) mass is 200 g/mol. The van der Waals surface area contributed by atoms with E-state index < -0.39 is 0 Å². The van der Waals surface area contributed by atoms with Gasteiger partial charge in [0.15, 0.2) is 0 Å². The summed E-state index contributed by atoms with van der Waals surface area (Å²) in [6.45, 7) is 3.11. The summed E-state index contributed by atoms with van der Waals surface area (Å²) >= 11 is 0. The molecular weight excluding hydrogens is 180 g/mol. The van der Waals surface area contributed by atoms with Crippen molar-refractivity contribution < 1.29 is 14.3 Å². The summed E-state index contributed by atoms with van der Waals surface area (Å²) in [7, 11) is 1.38. The van der Waals surface area contributed by atoms with Crippen LogP contribution in [-0.2, 0) is 14.3 Å². The van der Waals surface area contributed by atoms with Gasteiger partial charge in [-0.2, -0.15) is 0 Å². The Morgan fingerprint density at radius 1 is 1.29 bits per heavy atom. The average Bonchev–Trinajstić information content (AvgIpc) is 2.21. The molecule has 0 radical (unpaired) electrons. The fourth-order valence-electron chi connectivity index (χ4n) is 1.86. The summed E-state index contributed by atoms with van der Waals surface area (Å²) in [4.78, 5) is 10.8. The first-order valence-corrected chi connectivity index (χ1v) is 5.37. The third-order valence-corrected chi connectivity index (χ3v) is 2.94. The Hall–Kier alpha value is -0.570. The predicted octanol–water partition coefficient (Wildman–Crippen LogP) is 2.00. The van der Waals surface area contributed by atoms with Crippen LogP contribution in [0.15, 0.2) is 0 Å². The van der Waals surface area contributed by atoms with Gasteiger partial charge in [0.1, 0.15) is 6.61 Å². The molecule has 0 spiro atoms. The van der Waals surface area contributed by atoms with Gasteiger partial charge in [-0.05, 0) is 24.7 Å². The van der Waals surface area contributed by atoms with Gasteiger partial charge >= 0.3 is 5.97 Å². The second-order valence-corrected chi connectivity index (χ2v) is 4.22. The van der Waals surface area contributed by atoms with Crippen LogP contribution >= 0.6 is 0 Å². The number of hydrogen-bond donors (Lipinski definition) is 0. The van der Waals surface area contributed by atoms with E-state index in [0.29, 0.717) is 12.5 Å². The molecule has 1 rings (SSSR count). The molecule has 0 bridgehead atoms. The summed E-state index contributed by atoms with van der Waals surface area (Å²) in [6, 6.07) is 0. The molecule has 3 heteroatoms. The van der Waals surface area contributed by atoms with Crippen LogP contribution in [0.5, 0.6) is 0 Å². The molecule has 14 heavy (non-hydrogen) atoms. The molecule has 0 aromatic rings. The van der Waals surface area contributed by atoms with Crippen LogP contribution in [0.3, 0.4) is 0 Å². The minimum atomic E-state index is -0.283. The highest BCUT2D eigenvalue weighted by Gasteiger charge is 2.18. The van der Waals surface area contributed by atoms with Crippen LogP contribution in [0.1, 0.15) is 32.6 Å². The Labute approximate surface area is 85.8 Å². The Kier molecular flexibility index (Phi) is 4.94. The van der Waals surface area contributed by atoms with Gasteiger partial charge in [-0.15, -0.1) is 0 Å².